The molecule has 0 radical (unpaired) electrons. The molecule has 0 saturated carbocycles. The van der Waals surface area contributed by atoms with E-state index in [2.05, 4.69) is 10.2 Å². The lowest BCUT2D eigenvalue weighted by Gasteiger charge is -2.30. The van der Waals surface area contributed by atoms with Crippen LogP contribution in [0.15, 0.2) is 54.6 Å². The van der Waals surface area contributed by atoms with Crippen molar-refractivity contribution in [1.82, 2.24) is 10.2 Å². The summed E-state index contributed by atoms with van der Waals surface area (Å²) in [7, 11) is 1.61. The van der Waals surface area contributed by atoms with E-state index in [4.69, 9.17) is 9.47 Å². The highest BCUT2D eigenvalue weighted by Gasteiger charge is 2.27. The van der Waals surface area contributed by atoms with Crippen molar-refractivity contribution in [3.05, 3.63) is 65.7 Å². The van der Waals surface area contributed by atoms with Crippen LogP contribution < -0.4 is 10.1 Å². The van der Waals surface area contributed by atoms with E-state index in [9.17, 15) is 10.2 Å². The Labute approximate surface area is 166 Å². The van der Waals surface area contributed by atoms with Crippen molar-refractivity contribution < 1.29 is 19.7 Å². The number of nitrogens with one attached hydrogen (secondary N) is 1. The Morgan fingerprint density at radius 1 is 1.00 bits per heavy atom. The topological polar surface area (TPSA) is 74.2 Å². The summed E-state index contributed by atoms with van der Waals surface area (Å²) in [5.41, 5.74) is 1.75. The first-order valence-corrected chi connectivity index (χ1v) is 9.80. The molecule has 3 atom stereocenters. The van der Waals surface area contributed by atoms with E-state index in [0.29, 0.717) is 13.2 Å². The molecule has 2 aromatic carbocycles. The summed E-state index contributed by atoms with van der Waals surface area (Å²) in [4.78, 5) is 2.30. The van der Waals surface area contributed by atoms with Gasteiger partial charge < -0.3 is 24.6 Å². The Bertz CT molecular complexity index is 689. The zero-order chi connectivity index (χ0) is 19.8. The average molecular weight is 386 g/mol. The summed E-state index contributed by atoms with van der Waals surface area (Å²) in [5, 5.41) is 24.3. The predicted molar refractivity (Wildman–Crippen MR) is 108 cm³/mol. The van der Waals surface area contributed by atoms with E-state index in [1.54, 1.807) is 7.11 Å². The molecule has 28 heavy (non-hydrogen) atoms. The molecule has 6 heteroatoms. The number of aliphatic hydroxyl groups excluding tert-OH is 2. The highest BCUT2D eigenvalue weighted by atomic mass is 16.6. The molecule has 2 aromatic rings. The van der Waals surface area contributed by atoms with Gasteiger partial charge in [0.15, 0.2) is 0 Å². The van der Waals surface area contributed by atoms with E-state index in [-0.39, 0.29) is 6.04 Å². The lowest BCUT2D eigenvalue weighted by molar-refractivity contribution is -0.141. The Kier molecular flexibility index (Phi) is 7.82. The van der Waals surface area contributed by atoms with Crippen LogP contribution >= 0.6 is 0 Å². The van der Waals surface area contributed by atoms with Crippen molar-refractivity contribution in [3.63, 3.8) is 0 Å². The first kappa shape index (κ1) is 20.8. The predicted octanol–water partition coefficient (Wildman–Crippen LogP) is 2.28. The van der Waals surface area contributed by atoms with Gasteiger partial charge in [-0.3, -0.25) is 5.32 Å². The summed E-state index contributed by atoms with van der Waals surface area (Å²) >= 11 is 0. The molecule has 0 spiro atoms. The van der Waals surface area contributed by atoms with E-state index >= 15 is 0 Å². The van der Waals surface area contributed by atoms with E-state index in [1.165, 1.54) is 12.8 Å². The second-order valence-corrected chi connectivity index (χ2v) is 7.15. The number of nitrogens with zero attached hydrogens (tertiary/aromatic N) is 1. The zero-order valence-corrected chi connectivity index (χ0v) is 16.3. The molecule has 1 fully saturated rings. The van der Waals surface area contributed by atoms with Crippen LogP contribution in [0.2, 0.25) is 0 Å². The fourth-order valence-electron chi connectivity index (χ4n) is 3.50. The molecular formula is C22H30N2O4. The molecule has 1 aliphatic rings. The van der Waals surface area contributed by atoms with Gasteiger partial charge in [-0.05, 0) is 49.2 Å². The van der Waals surface area contributed by atoms with Gasteiger partial charge in [0.05, 0.1) is 25.9 Å². The second kappa shape index (κ2) is 10.5. The first-order valence-electron chi connectivity index (χ1n) is 9.80. The lowest BCUT2D eigenvalue weighted by Crippen LogP contribution is -2.49. The highest BCUT2D eigenvalue weighted by molar-refractivity contribution is 5.29. The van der Waals surface area contributed by atoms with Gasteiger partial charge in [0, 0.05) is 6.54 Å². The van der Waals surface area contributed by atoms with E-state index in [0.717, 1.165) is 30.0 Å². The number of aliphatic hydroxyl groups is 2. The van der Waals surface area contributed by atoms with Gasteiger partial charge in [0.2, 0.25) is 6.41 Å². The molecule has 1 heterocycles. The molecule has 0 bridgehead atoms. The third-order valence-electron chi connectivity index (χ3n) is 5.10. The molecule has 1 unspecified atom stereocenters. The molecule has 6 nitrogen and oxygen atoms in total. The van der Waals surface area contributed by atoms with Gasteiger partial charge in [0.25, 0.3) is 0 Å². The van der Waals surface area contributed by atoms with Crippen molar-refractivity contribution in [2.45, 2.75) is 38.0 Å². The minimum atomic E-state index is -1.17. The molecule has 0 aromatic heterocycles. The molecule has 152 valence electrons. The summed E-state index contributed by atoms with van der Waals surface area (Å²) < 4.78 is 10.7. The van der Waals surface area contributed by atoms with Crippen molar-refractivity contribution in [2.24, 2.45) is 0 Å². The minimum absolute atomic E-state index is 0.296. The first-order chi connectivity index (χ1) is 13.7. The molecule has 0 amide bonds. The van der Waals surface area contributed by atoms with Gasteiger partial charge >= 0.3 is 0 Å². The van der Waals surface area contributed by atoms with Gasteiger partial charge in [0.1, 0.15) is 5.75 Å². The van der Waals surface area contributed by atoms with Crippen molar-refractivity contribution in [2.75, 3.05) is 26.7 Å². The number of methoxy groups -OCH3 is 1. The van der Waals surface area contributed by atoms with E-state index < -0.39 is 12.5 Å². The molecule has 1 aliphatic heterocycles. The Morgan fingerprint density at radius 3 is 2.32 bits per heavy atom. The van der Waals surface area contributed by atoms with Crippen LogP contribution in [0.4, 0.5) is 0 Å². The number of rotatable bonds is 10. The third kappa shape index (κ3) is 6.02. The van der Waals surface area contributed by atoms with Crippen LogP contribution in [-0.2, 0) is 11.3 Å². The summed E-state index contributed by atoms with van der Waals surface area (Å²) in [6.07, 6.45) is 0.388. The highest BCUT2D eigenvalue weighted by Crippen LogP contribution is 2.22. The monoisotopic (exact) mass is 386 g/mol. The average Bonchev–Trinajstić information content (AvgIpc) is 3.25. The Morgan fingerprint density at radius 2 is 1.68 bits per heavy atom. The Balaban J connectivity index is 1.62. The molecule has 3 N–H and O–H groups in total. The maximum Gasteiger partial charge on any atom is 0.214 e. The largest absolute Gasteiger partial charge is 0.497 e. The summed E-state index contributed by atoms with van der Waals surface area (Å²) in [6.45, 7) is 2.95. The number of hydrogen-bond donors (Lipinski definition) is 3. The quantitative estimate of drug-likeness (QED) is 0.544. The van der Waals surface area contributed by atoms with Crippen LogP contribution in [0.3, 0.4) is 0 Å². The van der Waals surface area contributed by atoms with Crippen LogP contribution in [0.5, 0.6) is 5.75 Å². The maximum atomic E-state index is 10.9. The normalized spacial score (nSPS) is 18.0. The van der Waals surface area contributed by atoms with Crippen LogP contribution in [0, 0.1) is 0 Å². The minimum Gasteiger partial charge on any atom is -0.497 e. The zero-order valence-electron chi connectivity index (χ0n) is 16.3. The smallest absolute Gasteiger partial charge is 0.214 e. The van der Waals surface area contributed by atoms with Crippen molar-refractivity contribution in [3.8, 4) is 5.75 Å². The maximum absolute atomic E-state index is 10.9. The van der Waals surface area contributed by atoms with Gasteiger partial charge in [-0.25, -0.2) is 0 Å². The van der Waals surface area contributed by atoms with Crippen molar-refractivity contribution in [1.29, 1.82) is 0 Å². The summed E-state index contributed by atoms with van der Waals surface area (Å²) in [5.74, 6) is 0.742. The Hall–Kier alpha value is -1.96. The number of ether oxygens (including phenoxy) is 2. The van der Waals surface area contributed by atoms with Crippen LogP contribution in [0.1, 0.15) is 30.1 Å². The number of likely N-dealkylation sites (tertiary alicyclic amines) is 1. The van der Waals surface area contributed by atoms with Gasteiger partial charge in [-0.2, -0.15) is 0 Å². The number of hydrogen-bond acceptors (Lipinski definition) is 6. The third-order valence-corrected chi connectivity index (χ3v) is 5.10. The molecule has 0 aliphatic carbocycles. The van der Waals surface area contributed by atoms with Crippen molar-refractivity contribution >= 4 is 0 Å². The lowest BCUT2D eigenvalue weighted by atomic mass is 10.0. The molecule has 3 rings (SSSR count). The van der Waals surface area contributed by atoms with E-state index in [1.807, 2.05) is 54.6 Å². The van der Waals surface area contributed by atoms with Gasteiger partial charge in [-0.1, -0.05) is 42.5 Å². The summed E-state index contributed by atoms with van der Waals surface area (Å²) in [6, 6.07) is 16.7. The van der Waals surface area contributed by atoms with Gasteiger partial charge in [-0.15, -0.1) is 0 Å². The standard InChI is InChI=1S/C22H30N2O4/c1-27-19-11-9-18(10-12-19)21(25)20(15-24-13-5-6-14-24)23-22(26)28-16-17-7-3-2-4-8-17/h2-4,7-12,20-23,25-26H,5-6,13-16H2,1H3/t20-,21-,22?/m1/s1. The second-order valence-electron chi connectivity index (χ2n) is 7.15. The fraction of sp³-hybridized carbons (Fsp3) is 0.455. The SMILES string of the molecule is COc1ccc([C@@H](O)[C@@H](CN2CCCC2)NC(O)OCc2ccccc2)cc1. The van der Waals surface area contributed by atoms with Crippen LogP contribution in [-0.4, -0.2) is 54.3 Å². The number of benzene rings is 2. The fourth-order valence-corrected chi connectivity index (χ4v) is 3.50. The molecule has 1 saturated heterocycles. The molecular weight excluding hydrogens is 356 g/mol. The van der Waals surface area contributed by atoms with Crippen LogP contribution in [0.25, 0.3) is 0 Å².